The fourth-order valence-electron chi connectivity index (χ4n) is 0. The van der Waals surface area contributed by atoms with Gasteiger partial charge in [-0.05, 0) is 0 Å². The monoisotopic (exact) mass is 378 g/mol. The summed E-state index contributed by atoms with van der Waals surface area (Å²) < 4.78 is 0. The Hall–Kier alpha value is 1.14. The van der Waals surface area contributed by atoms with Gasteiger partial charge in [0.2, 0.25) is 0 Å². The second-order valence-corrected chi connectivity index (χ2v) is 0. The average Bonchev–Trinajstić information content (AvgIpc) is 0. The van der Waals surface area contributed by atoms with E-state index in [4.69, 9.17) is 0 Å². The van der Waals surface area contributed by atoms with Crippen molar-refractivity contribution in [1.82, 2.24) is 0 Å². The van der Waals surface area contributed by atoms with Crippen LogP contribution in [0.2, 0.25) is 0 Å². The molecule has 0 atom stereocenters. The minimum atomic E-state index is 0. The van der Waals surface area contributed by atoms with Gasteiger partial charge in [-0.3, -0.25) is 0 Å². The molecule has 0 fully saturated rings. The molecular formula is MoO6W. The summed E-state index contributed by atoms with van der Waals surface area (Å²) in [6, 6.07) is 0. The topological polar surface area (TPSA) is 171 Å². The van der Waals surface area contributed by atoms with Gasteiger partial charge in [-0.1, -0.05) is 0 Å². The standard InChI is InChI=1S/Mo.6O.W/q+6;6*-2;+6. The quantitative estimate of drug-likeness (QED) is 0.487. The van der Waals surface area contributed by atoms with E-state index in [-0.39, 0.29) is 75.0 Å². The van der Waals surface area contributed by atoms with Gasteiger partial charge in [0.15, 0.2) is 0 Å². The molecule has 0 aromatic heterocycles. The van der Waals surface area contributed by atoms with Gasteiger partial charge in [-0.15, -0.1) is 0 Å². The molecule has 6 nitrogen and oxygen atoms in total. The maximum Gasteiger partial charge on any atom is 6.00 e. The van der Waals surface area contributed by atoms with Crippen molar-refractivity contribution in [2.75, 3.05) is 0 Å². The first-order valence-corrected chi connectivity index (χ1v) is 0. The van der Waals surface area contributed by atoms with E-state index in [1.54, 1.807) is 0 Å². The summed E-state index contributed by atoms with van der Waals surface area (Å²) in [4.78, 5) is 0. The Kier molecular flexibility index (Phi) is 18800. The first-order chi connectivity index (χ1) is 0. The van der Waals surface area contributed by atoms with E-state index in [9.17, 15) is 0 Å². The van der Waals surface area contributed by atoms with E-state index in [1.165, 1.54) is 0 Å². The maximum absolute atomic E-state index is 0. The predicted octanol–water partition coefficient (Wildman–Crippen LogP) is -0.718. The molecule has 0 heterocycles. The van der Waals surface area contributed by atoms with Crippen LogP contribution in [0.4, 0.5) is 0 Å². The molecule has 0 aliphatic carbocycles. The van der Waals surface area contributed by atoms with Crippen LogP contribution in [0, 0.1) is 0 Å². The summed E-state index contributed by atoms with van der Waals surface area (Å²) in [6.07, 6.45) is 0. The molecule has 0 radical (unpaired) electrons. The Bertz CT molecular complexity index is 8.49. The van der Waals surface area contributed by atoms with Crippen molar-refractivity contribution in [3.63, 3.8) is 0 Å². The fourth-order valence-corrected chi connectivity index (χ4v) is 0. The van der Waals surface area contributed by atoms with Crippen LogP contribution in [0.15, 0.2) is 0 Å². The van der Waals surface area contributed by atoms with Gasteiger partial charge < -0.3 is 32.9 Å². The van der Waals surface area contributed by atoms with E-state index in [2.05, 4.69) is 0 Å². The molecule has 0 spiro atoms. The molecule has 0 amide bonds. The van der Waals surface area contributed by atoms with E-state index < -0.39 is 0 Å². The average molecular weight is 376 g/mol. The molecule has 0 saturated carbocycles. The van der Waals surface area contributed by atoms with Crippen molar-refractivity contribution in [3.05, 3.63) is 0 Å². The second-order valence-electron chi connectivity index (χ2n) is 0. The number of hydrogen-bond acceptors (Lipinski definition) is 0. The molecule has 48 valence electrons. The Labute approximate surface area is 75.0 Å². The van der Waals surface area contributed by atoms with Gasteiger partial charge >= 0.3 is 42.1 Å². The maximum atomic E-state index is 0. The van der Waals surface area contributed by atoms with Crippen LogP contribution in [-0.2, 0) is 75.0 Å². The zero-order valence-electron chi connectivity index (χ0n) is 3.27. The Morgan fingerprint density at radius 2 is 0.375 bits per heavy atom. The molecule has 8 heavy (non-hydrogen) atoms. The predicted molar refractivity (Wildman–Crippen MR) is 4.12 cm³/mol. The zero-order valence-corrected chi connectivity index (χ0v) is 8.21. The molecule has 0 aliphatic heterocycles. The molecule has 0 saturated heterocycles. The summed E-state index contributed by atoms with van der Waals surface area (Å²) in [5, 5.41) is 0. The number of hydrogen-bond donors (Lipinski definition) is 0. The van der Waals surface area contributed by atoms with Crippen LogP contribution in [0.3, 0.4) is 0 Å². The van der Waals surface area contributed by atoms with E-state index in [0.29, 0.717) is 0 Å². The largest absolute Gasteiger partial charge is 6.00 e. The van der Waals surface area contributed by atoms with Crippen LogP contribution in [0.25, 0.3) is 0 Å². The first kappa shape index (κ1) is 468. The van der Waals surface area contributed by atoms with E-state index in [1.807, 2.05) is 0 Å². The third-order valence-electron chi connectivity index (χ3n) is 0. The first-order valence-electron chi connectivity index (χ1n) is 0. The van der Waals surface area contributed by atoms with Gasteiger partial charge in [0.1, 0.15) is 0 Å². The van der Waals surface area contributed by atoms with Gasteiger partial charge in [0.05, 0.1) is 0 Å². The van der Waals surface area contributed by atoms with Crippen LogP contribution < -0.4 is 0 Å². The van der Waals surface area contributed by atoms with Crippen LogP contribution >= 0.6 is 0 Å². The van der Waals surface area contributed by atoms with Gasteiger partial charge in [0.25, 0.3) is 0 Å². The van der Waals surface area contributed by atoms with Crippen LogP contribution in [0.1, 0.15) is 0 Å². The van der Waals surface area contributed by atoms with Crippen molar-refractivity contribution in [1.29, 1.82) is 0 Å². The number of rotatable bonds is 0. The minimum Gasteiger partial charge on any atom is -2.00 e. The summed E-state index contributed by atoms with van der Waals surface area (Å²) in [5.41, 5.74) is 0. The Morgan fingerprint density at radius 3 is 0.375 bits per heavy atom. The summed E-state index contributed by atoms with van der Waals surface area (Å²) in [6.45, 7) is 0. The van der Waals surface area contributed by atoms with Crippen molar-refractivity contribution >= 4 is 0 Å². The van der Waals surface area contributed by atoms with E-state index in [0.717, 1.165) is 0 Å². The molecule has 0 N–H and O–H groups in total. The fraction of sp³-hybridized carbons (Fsp3) is 0. The van der Waals surface area contributed by atoms with Crippen molar-refractivity contribution in [3.8, 4) is 0 Å². The summed E-state index contributed by atoms with van der Waals surface area (Å²) in [5.74, 6) is 0. The third-order valence-corrected chi connectivity index (χ3v) is 0. The molecule has 0 aliphatic rings. The smallest absolute Gasteiger partial charge is 2.00 e. The van der Waals surface area contributed by atoms with Crippen molar-refractivity contribution in [2.24, 2.45) is 0 Å². The van der Waals surface area contributed by atoms with Crippen LogP contribution in [0.5, 0.6) is 0 Å². The zero-order chi connectivity index (χ0) is 0. The SMILES string of the molecule is [Mo+6].[O-2].[O-2].[O-2].[O-2].[O-2].[O-2].[W+6]. The van der Waals surface area contributed by atoms with Gasteiger partial charge in [-0.2, -0.15) is 0 Å². The Morgan fingerprint density at radius 1 is 0.375 bits per heavy atom. The summed E-state index contributed by atoms with van der Waals surface area (Å²) >= 11 is 0. The van der Waals surface area contributed by atoms with Gasteiger partial charge in [0, 0.05) is 0 Å². The minimum absolute atomic E-state index is 0. The normalized spacial score (nSPS) is 0. The van der Waals surface area contributed by atoms with Crippen molar-refractivity contribution < 1.29 is 75.0 Å². The second kappa shape index (κ2) is 321. The molecule has 0 rings (SSSR count). The Balaban J connectivity index is 0. The molecule has 0 bridgehead atoms. The molecule has 0 aromatic carbocycles. The molecule has 8 heteroatoms. The van der Waals surface area contributed by atoms with Crippen LogP contribution in [-0.4, -0.2) is 0 Å². The van der Waals surface area contributed by atoms with Crippen molar-refractivity contribution in [2.45, 2.75) is 0 Å². The van der Waals surface area contributed by atoms with E-state index >= 15 is 0 Å². The summed E-state index contributed by atoms with van der Waals surface area (Å²) in [7, 11) is 0. The third kappa shape index (κ3) is 208. The molecule has 0 unspecified atom stereocenters. The van der Waals surface area contributed by atoms with Gasteiger partial charge in [-0.25, -0.2) is 0 Å². The molecular weight excluding hydrogens is 376 g/mol. The molecule has 0 aromatic rings.